The molecule has 0 aliphatic carbocycles. The number of carbonyl (C=O) groups excluding carboxylic acids is 1. The van der Waals surface area contributed by atoms with Crippen LogP contribution >= 0.6 is 11.3 Å². The molecular weight excluding hydrogens is 409 g/mol. The van der Waals surface area contributed by atoms with Crippen LogP contribution in [0.3, 0.4) is 0 Å². The minimum absolute atomic E-state index is 0.116. The monoisotopic (exact) mass is 427 g/mol. The summed E-state index contributed by atoms with van der Waals surface area (Å²) in [6, 6.07) is 11.2. The van der Waals surface area contributed by atoms with Crippen LogP contribution in [0.4, 0.5) is 9.52 Å². The van der Waals surface area contributed by atoms with Gasteiger partial charge in [-0.15, -0.1) is 11.3 Å². The Morgan fingerprint density at radius 1 is 1.23 bits per heavy atom. The standard InChI is InChI=1S/C21H18FN3O4S/c1-2-29-19(26)10-16-12-30-21(24-16)25-23-11-13-3-5-14(6-4-13)15-7-8-17(20(27)28)18(22)9-15/h3-9,11-12H,2,10H2,1H3,(H,24,25)(H,27,28). The minimum atomic E-state index is -1.30. The first-order valence-electron chi connectivity index (χ1n) is 8.98. The molecule has 1 aromatic heterocycles. The number of nitrogens with one attached hydrogen (secondary N) is 1. The first-order chi connectivity index (χ1) is 14.5. The maximum absolute atomic E-state index is 13.9. The van der Waals surface area contributed by atoms with E-state index in [-0.39, 0.29) is 18.0 Å². The average molecular weight is 427 g/mol. The number of carbonyl (C=O) groups is 2. The van der Waals surface area contributed by atoms with Gasteiger partial charge in [0.1, 0.15) is 5.82 Å². The van der Waals surface area contributed by atoms with Crippen molar-refractivity contribution in [3.8, 4) is 11.1 Å². The molecule has 0 amide bonds. The average Bonchev–Trinajstić information content (AvgIpc) is 3.15. The van der Waals surface area contributed by atoms with E-state index >= 15 is 0 Å². The second-order valence-corrected chi connectivity index (χ2v) is 6.98. The molecule has 0 unspecified atom stereocenters. The predicted molar refractivity (Wildman–Crippen MR) is 112 cm³/mol. The summed E-state index contributed by atoms with van der Waals surface area (Å²) in [5.74, 6) is -2.40. The number of aromatic nitrogens is 1. The van der Waals surface area contributed by atoms with Gasteiger partial charge in [0.05, 0.1) is 30.5 Å². The minimum Gasteiger partial charge on any atom is -0.478 e. The van der Waals surface area contributed by atoms with Gasteiger partial charge >= 0.3 is 11.9 Å². The summed E-state index contributed by atoms with van der Waals surface area (Å²) >= 11 is 1.33. The van der Waals surface area contributed by atoms with E-state index in [2.05, 4.69) is 15.5 Å². The molecule has 0 aliphatic heterocycles. The number of aromatic carboxylic acids is 1. The van der Waals surface area contributed by atoms with Crippen molar-refractivity contribution >= 4 is 34.6 Å². The van der Waals surface area contributed by atoms with Crippen LogP contribution in [0.2, 0.25) is 0 Å². The molecule has 7 nitrogen and oxygen atoms in total. The van der Waals surface area contributed by atoms with Crippen molar-refractivity contribution in [3.63, 3.8) is 0 Å². The molecule has 30 heavy (non-hydrogen) atoms. The highest BCUT2D eigenvalue weighted by molar-refractivity contribution is 7.13. The van der Waals surface area contributed by atoms with E-state index in [9.17, 15) is 14.0 Å². The van der Waals surface area contributed by atoms with Gasteiger partial charge in [-0.2, -0.15) is 5.10 Å². The zero-order valence-corrected chi connectivity index (χ0v) is 16.8. The first kappa shape index (κ1) is 21.1. The molecule has 3 aromatic rings. The number of rotatable bonds is 8. The lowest BCUT2D eigenvalue weighted by Crippen LogP contribution is -2.07. The van der Waals surface area contributed by atoms with Gasteiger partial charge in [-0.05, 0) is 35.7 Å². The number of halogens is 1. The van der Waals surface area contributed by atoms with Crippen molar-refractivity contribution in [1.29, 1.82) is 0 Å². The number of carboxylic acids is 1. The smallest absolute Gasteiger partial charge is 0.338 e. The van der Waals surface area contributed by atoms with Gasteiger partial charge in [0.25, 0.3) is 0 Å². The van der Waals surface area contributed by atoms with Crippen LogP contribution in [0.5, 0.6) is 0 Å². The van der Waals surface area contributed by atoms with Crippen LogP contribution in [0, 0.1) is 5.82 Å². The molecule has 0 atom stereocenters. The molecule has 0 saturated carbocycles. The SMILES string of the molecule is CCOC(=O)Cc1csc(NN=Cc2ccc(-c3ccc(C(=O)O)c(F)c3)cc2)n1. The Labute approximate surface area is 175 Å². The third-order valence-corrected chi connectivity index (χ3v) is 4.80. The Morgan fingerprint density at radius 2 is 1.97 bits per heavy atom. The number of hydrogen-bond acceptors (Lipinski definition) is 7. The molecule has 2 aromatic carbocycles. The number of thiazole rings is 1. The van der Waals surface area contributed by atoms with E-state index in [0.29, 0.717) is 23.0 Å². The highest BCUT2D eigenvalue weighted by Crippen LogP contribution is 2.22. The third kappa shape index (κ3) is 5.48. The number of carboxylic acid groups (broad SMARTS) is 1. The molecule has 0 aliphatic rings. The molecule has 154 valence electrons. The highest BCUT2D eigenvalue weighted by Gasteiger charge is 2.11. The molecule has 0 spiro atoms. The van der Waals surface area contributed by atoms with E-state index in [1.807, 2.05) is 0 Å². The fraction of sp³-hybridized carbons (Fsp3) is 0.143. The largest absolute Gasteiger partial charge is 0.478 e. The van der Waals surface area contributed by atoms with Crippen LogP contribution < -0.4 is 5.43 Å². The Morgan fingerprint density at radius 3 is 2.63 bits per heavy atom. The van der Waals surface area contributed by atoms with Crippen molar-refractivity contribution in [2.24, 2.45) is 5.10 Å². The maximum atomic E-state index is 13.9. The van der Waals surface area contributed by atoms with Crippen molar-refractivity contribution in [1.82, 2.24) is 4.98 Å². The molecule has 9 heteroatoms. The number of esters is 1. The number of hydrogen-bond donors (Lipinski definition) is 2. The van der Waals surface area contributed by atoms with Gasteiger partial charge < -0.3 is 9.84 Å². The molecule has 0 fully saturated rings. The van der Waals surface area contributed by atoms with Gasteiger partial charge in [-0.25, -0.2) is 14.2 Å². The van der Waals surface area contributed by atoms with Gasteiger partial charge in [-0.3, -0.25) is 10.2 Å². The Kier molecular flexibility index (Phi) is 6.87. The van der Waals surface area contributed by atoms with E-state index in [1.165, 1.54) is 23.5 Å². The summed E-state index contributed by atoms with van der Waals surface area (Å²) in [6.07, 6.45) is 1.72. The lowest BCUT2D eigenvalue weighted by atomic mass is 10.0. The van der Waals surface area contributed by atoms with Gasteiger partial charge in [0.15, 0.2) is 0 Å². The maximum Gasteiger partial charge on any atom is 0.338 e. The van der Waals surface area contributed by atoms with E-state index in [0.717, 1.165) is 11.1 Å². The Balaban J connectivity index is 1.60. The van der Waals surface area contributed by atoms with Crippen LogP contribution in [-0.2, 0) is 16.0 Å². The summed E-state index contributed by atoms with van der Waals surface area (Å²) in [5.41, 5.74) is 5.19. The fourth-order valence-electron chi connectivity index (χ4n) is 2.59. The summed E-state index contributed by atoms with van der Waals surface area (Å²) in [4.78, 5) is 26.6. The van der Waals surface area contributed by atoms with Crippen LogP contribution in [0.1, 0.15) is 28.5 Å². The lowest BCUT2D eigenvalue weighted by molar-refractivity contribution is -0.142. The molecule has 0 bridgehead atoms. The summed E-state index contributed by atoms with van der Waals surface area (Å²) in [6.45, 7) is 2.08. The van der Waals surface area contributed by atoms with Crippen molar-refractivity contribution in [2.45, 2.75) is 13.3 Å². The Hall–Kier alpha value is -3.59. The van der Waals surface area contributed by atoms with E-state index < -0.39 is 11.8 Å². The van der Waals surface area contributed by atoms with Gasteiger partial charge in [0, 0.05) is 5.38 Å². The van der Waals surface area contributed by atoms with Gasteiger partial charge in [0.2, 0.25) is 5.13 Å². The number of benzene rings is 2. The molecule has 0 radical (unpaired) electrons. The van der Waals surface area contributed by atoms with Crippen molar-refractivity contribution < 1.29 is 23.8 Å². The number of anilines is 1. The molecule has 3 rings (SSSR count). The Bertz CT molecular complexity index is 1080. The quantitative estimate of drug-likeness (QED) is 0.317. The predicted octanol–water partition coefficient (Wildman–Crippen LogP) is 4.20. The van der Waals surface area contributed by atoms with Crippen molar-refractivity contribution in [3.05, 3.63) is 70.5 Å². The number of nitrogens with zero attached hydrogens (tertiary/aromatic N) is 2. The summed E-state index contributed by atoms with van der Waals surface area (Å²) in [7, 11) is 0. The highest BCUT2D eigenvalue weighted by atomic mass is 32.1. The van der Waals surface area contributed by atoms with E-state index in [4.69, 9.17) is 9.84 Å². The van der Waals surface area contributed by atoms with Crippen LogP contribution in [-0.4, -0.2) is 34.9 Å². The third-order valence-electron chi connectivity index (χ3n) is 4.00. The first-order valence-corrected chi connectivity index (χ1v) is 9.86. The van der Waals surface area contributed by atoms with Crippen molar-refractivity contribution in [2.75, 3.05) is 12.0 Å². The molecule has 2 N–H and O–H groups in total. The second kappa shape index (κ2) is 9.75. The van der Waals surface area contributed by atoms with Crippen LogP contribution in [0.15, 0.2) is 52.9 Å². The zero-order valence-electron chi connectivity index (χ0n) is 16.0. The number of ether oxygens (including phenoxy) is 1. The normalized spacial score (nSPS) is 10.9. The number of hydrazone groups is 1. The fourth-order valence-corrected chi connectivity index (χ4v) is 3.25. The van der Waals surface area contributed by atoms with Crippen LogP contribution in [0.25, 0.3) is 11.1 Å². The molecule has 1 heterocycles. The zero-order chi connectivity index (χ0) is 21.5. The van der Waals surface area contributed by atoms with E-state index in [1.54, 1.807) is 48.9 Å². The lowest BCUT2D eigenvalue weighted by Gasteiger charge is -2.04. The van der Waals surface area contributed by atoms with Gasteiger partial charge in [-0.1, -0.05) is 30.3 Å². The topological polar surface area (TPSA) is 101 Å². The summed E-state index contributed by atoms with van der Waals surface area (Å²) < 4.78 is 18.7. The molecule has 0 saturated heterocycles. The second-order valence-electron chi connectivity index (χ2n) is 6.12. The summed E-state index contributed by atoms with van der Waals surface area (Å²) in [5, 5.41) is 15.3. The molecular formula is C21H18FN3O4S.